The summed E-state index contributed by atoms with van der Waals surface area (Å²) < 4.78 is 1.86. The van der Waals surface area contributed by atoms with Gasteiger partial charge in [0.05, 0.1) is 17.6 Å². The Bertz CT molecular complexity index is 683. The van der Waals surface area contributed by atoms with Crippen LogP contribution in [0.2, 0.25) is 0 Å². The van der Waals surface area contributed by atoms with E-state index < -0.39 is 0 Å². The minimum Gasteiger partial charge on any atom is -0.351 e. The maximum atomic E-state index is 11.0. The lowest BCUT2D eigenvalue weighted by Crippen LogP contribution is -2.20. The number of hydrazone groups is 1. The number of thioether (sulfide) groups is 1. The van der Waals surface area contributed by atoms with Gasteiger partial charge in [-0.3, -0.25) is 10.2 Å². The Hall–Kier alpha value is -1.93. The summed E-state index contributed by atoms with van der Waals surface area (Å²) in [6.45, 7) is 1.91. The number of nitrogens with one attached hydrogen (secondary N) is 2. The second kappa shape index (κ2) is 7.90. The van der Waals surface area contributed by atoms with Gasteiger partial charge in [0.25, 0.3) is 0 Å². The van der Waals surface area contributed by atoms with Crippen LogP contribution in [0, 0.1) is 0 Å². The number of nitrogens with zero attached hydrogens (tertiary/aromatic N) is 3. The molecule has 0 radical (unpaired) electrons. The van der Waals surface area contributed by atoms with Gasteiger partial charge < -0.3 is 5.32 Å². The third kappa shape index (κ3) is 4.28. The molecule has 2 heterocycles. The van der Waals surface area contributed by atoms with Crippen LogP contribution in [0.3, 0.4) is 0 Å². The maximum Gasteiger partial charge on any atom is 0.406 e. The van der Waals surface area contributed by atoms with Crippen molar-refractivity contribution in [3.05, 3.63) is 29.3 Å². The van der Waals surface area contributed by atoms with Crippen molar-refractivity contribution >= 4 is 39.7 Å². The van der Waals surface area contributed by atoms with Crippen LogP contribution in [0.25, 0.3) is 11.4 Å². The Labute approximate surface area is 137 Å². The smallest absolute Gasteiger partial charge is 0.351 e. The number of hydrogen-bond donors (Lipinski definition) is 2. The fourth-order valence-corrected chi connectivity index (χ4v) is 3.01. The van der Waals surface area contributed by atoms with Crippen LogP contribution in [-0.2, 0) is 11.3 Å². The quantitative estimate of drug-likeness (QED) is 0.365. The van der Waals surface area contributed by atoms with Gasteiger partial charge in [0.1, 0.15) is 5.69 Å². The lowest BCUT2D eigenvalue weighted by atomic mass is 10.2. The SMILES string of the molecule is CN[N+](=CSC)c1nc(-c2cccc(CNC(C)=O)n2)cs1. The Morgan fingerprint density at radius 1 is 1.41 bits per heavy atom. The zero-order chi connectivity index (χ0) is 15.9. The number of aromatic nitrogens is 2. The highest BCUT2D eigenvalue weighted by Gasteiger charge is 2.17. The number of hydrogen-bond acceptors (Lipinski definition) is 6. The molecule has 0 spiro atoms. The van der Waals surface area contributed by atoms with Gasteiger partial charge in [-0.05, 0) is 34.7 Å². The van der Waals surface area contributed by atoms with Crippen LogP contribution >= 0.6 is 23.1 Å². The first-order valence-electron chi connectivity index (χ1n) is 6.63. The van der Waals surface area contributed by atoms with E-state index in [0.29, 0.717) is 6.54 Å². The molecule has 0 unspecified atom stereocenters. The van der Waals surface area contributed by atoms with Crippen molar-refractivity contribution in [3.63, 3.8) is 0 Å². The van der Waals surface area contributed by atoms with Gasteiger partial charge in [0, 0.05) is 14.0 Å². The van der Waals surface area contributed by atoms with Crippen LogP contribution < -0.4 is 10.7 Å². The van der Waals surface area contributed by atoms with E-state index in [1.165, 1.54) is 18.3 Å². The first-order chi connectivity index (χ1) is 10.6. The minimum atomic E-state index is -0.0691. The predicted octanol–water partition coefficient (Wildman–Crippen LogP) is 2.01. The molecular formula is C14H18N5OS2+. The zero-order valence-electron chi connectivity index (χ0n) is 12.7. The molecule has 0 saturated carbocycles. The third-order valence-electron chi connectivity index (χ3n) is 2.74. The molecule has 0 bridgehead atoms. The maximum absolute atomic E-state index is 11.0. The van der Waals surface area contributed by atoms with E-state index in [1.807, 2.05) is 47.1 Å². The summed E-state index contributed by atoms with van der Waals surface area (Å²) in [5.74, 6) is -0.0691. The molecule has 2 aromatic heterocycles. The van der Waals surface area contributed by atoms with Gasteiger partial charge in [-0.2, -0.15) is 0 Å². The largest absolute Gasteiger partial charge is 0.406 e. The number of amides is 1. The first kappa shape index (κ1) is 16.4. The minimum absolute atomic E-state index is 0.0691. The Morgan fingerprint density at radius 3 is 2.91 bits per heavy atom. The van der Waals surface area contributed by atoms with Gasteiger partial charge in [-0.15, -0.1) is 4.68 Å². The van der Waals surface area contributed by atoms with Gasteiger partial charge in [0.2, 0.25) is 11.6 Å². The number of pyridine rings is 1. The lowest BCUT2D eigenvalue weighted by molar-refractivity contribution is -0.494. The molecule has 6 nitrogen and oxygen atoms in total. The molecule has 1 amide bonds. The summed E-state index contributed by atoms with van der Waals surface area (Å²) in [6.07, 6.45) is 1.99. The molecule has 116 valence electrons. The normalized spacial score (nSPS) is 11.3. The fourth-order valence-electron chi connectivity index (χ4n) is 1.73. The Morgan fingerprint density at radius 2 is 2.23 bits per heavy atom. The fraction of sp³-hybridized carbons (Fsp3) is 0.286. The number of carbonyl (C=O) groups is 1. The number of rotatable bonds is 6. The molecule has 0 aliphatic carbocycles. The van der Waals surface area contributed by atoms with Crippen molar-refractivity contribution in [2.75, 3.05) is 13.3 Å². The predicted molar refractivity (Wildman–Crippen MR) is 91.4 cm³/mol. The standard InChI is InChI=1S/C14H17N5OS2/c1-10(20)16-7-11-5-4-6-12(17-11)13-8-22-14(18-13)19(15-2)9-21-3/h4-6,8-9,15H,7H2,1-3H3/p+1. The summed E-state index contributed by atoms with van der Waals surface area (Å²) in [7, 11) is 1.85. The van der Waals surface area contributed by atoms with Crippen molar-refractivity contribution in [2.45, 2.75) is 13.5 Å². The van der Waals surface area contributed by atoms with Gasteiger partial charge in [-0.1, -0.05) is 17.8 Å². The molecule has 0 fully saturated rings. The van der Waals surface area contributed by atoms with E-state index in [2.05, 4.69) is 20.7 Å². The van der Waals surface area contributed by atoms with E-state index in [-0.39, 0.29) is 5.91 Å². The van der Waals surface area contributed by atoms with Crippen LogP contribution in [-0.4, -0.2) is 39.4 Å². The molecule has 0 aliphatic rings. The average molecular weight is 336 g/mol. The van der Waals surface area contributed by atoms with E-state index in [9.17, 15) is 4.79 Å². The van der Waals surface area contributed by atoms with Crippen LogP contribution in [0.4, 0.5) is 5.13 Å². The summed E-state index contributed by atoms with van der Waals surface area (Å²) in [4.78, 5) is 20.1. The molecule has 0 aromatic carbocycles. The monoisotopic (exact) mass is 336 g/mol. The van der Waals surface area contributed by atoms with Crippen molar-refractivity contribution in [1.82, 2.24) is 20.7 Å². The highest BCUT2D eigenvalue weighted by atomic mass is 32.2. The summed E-state index contributed by atoms with van der Waals surface area (Å²) in [6, 6.07) is 5.72. The topological polar surface area (TPSA) is 69.9 Å². The summed E-state index contributed by atoms with van der Waals surface area (Å²) in [5, 5.41) is 5.56. The van der Waals surface area contributed by atoms with Crippen molar-refractivity contribution in [1.29, 1.82) is 0 Å². The van der Waals surface area contributed by atoms with Crippen LogP contribution in [0.1, 0.15) is 12.6 Å². The molecule has 0 atom stereocenters. The Kier molecular flexibility index (Phi) is 5.91. The third-order valence-corrected chi connectivity index (χ3v) is 4.00. The highest BCUT2D eigenvalue weighted by molar-refractivity contribution is 8.11. The summed E-state index contributed by atoms with van der Waals surface area (Å²) in [5.41, 5.74) is 7.44. The molecule has 2 rings (SSSR count). The van der Waals surface area contributed by atoms with Crippen LogP contribution in [0.15, 0.2) is 23.6 Å². The van der Waals surface area contributed by atoms with Crippen molar-refractivity contribution in [3.8, 4) is 11.4 Å². The summed E-state index contributed by atoms with van der Waals surface area (Å²) >= 11 is 3.13. The molecule has 2 N–H and O–H groups in total. The second-order valence-electron chi connectivity index (χ2n) is 4.37. The van der Waals surface area contributed by atoms with E-state index in [1.54, 1.807) is 11.8 Å². The molecule has 8 heteroatoms. The molecule has 2 aromatic rings. The van der Waals surface area contributed by atoms with Crippen molar-refractivity contribution in [2.24, 2.45) is 0 Å². The molecule has 0 saturated heterocycles. The van der Waals surface area contributed by atoms with E-state index >= 15 is 0 Å². The van der Waals surface area contributed by atoms with E-state index in [0.717, 1.165) is 22.2 Å². The number of carbonyl (C=O) groups excluding carboxylic acids is 1. The average Bonchev–Trinajstić information content (AvgIpc) is 3.00. The Balaban J connectivity index is 2.22. The van der Waals surface area contributed by atoms with Gasteiger partial charge >= 0.3 is 5.13 Å². The first-order valence-corrected chi connectivity index (χ1v) is 8.80. The van der Waals surface area contributed by atoms with Gasteiger partial charge in [-0.25, -0.2) is 4.98 Å². The van der Waals surface area contributed by atoms with Gasteiger partial charge in [0.15, 0.2) is 5.55 Å². The number of thiazole rings is 1. The molecular weight excluding hydrogens is 318 g/mol. The number of hydrazine groups is 1. The van der Waals surface area contributed by atoms with Crippen LogP contribution in [0.5, 0.6) is 0 Å². The van der Waals surface area contributed by atoms with E-state index in [4.69, 9.17) is 0 Å². The highest BCUT2D eigenvalue weighted by Crippen LogP contribution is 2.24. The van der Waals surface area contributed by atoms with Crippen molar-refractivity contribution < 1.29 is 9.48 Å². The lowest BCUT2D eigenvalue weighted by Gasteiger charge is -2.02. The molecule has 22 heavy (non-hydrogen) atoms. The zero-order valence-corrected chi connectivity index (χ0v) is 14.3. The second-order valence-corrected chi connectivity index (χ2v) is 5.89. The molecule has 0 aliphatic heterocycles.